The largest absolute Gasteiger partial charge is 0.292 e. The Hall–Kier alpha value is -2.02. The van der Waals surface area contributed by atoms with Crippen LogP contribution in [0.4, 0.5) is 4.39 Å². The molecule has 0 fully saturated rings. The monoisotopic (exact) mass is 415 g/mol. The lowest BCUT2D eigenvalue weighted by molar-refractivity contribution is 0.216. The Kier molecular flexibility index (Phi) is 5.62. The predicted octanol–water partition coefficient (Wildman–Crippen LogP) is 4.70. The van der Waals surface area contributed by atoms with Gasteiger partial charge in [-0.25, -0.2) is 12.8 Å². The molecule has 3 aromatic rings. The minimum Gasteiger partial charge on any atom is -0.292 e. The first-order chi connectivity index (χ1) is 13.5. The second-order valence-corrected chi connectivity index (χ2v) is 10.1. The summed E-state index contributed by atoms with van der Waals surface area (Å²) < 4.78 is 38.2. The molecule has 0 N–H and O–H groups in total. The summed E-state index contributed by atoms with van der Waals surface area (Å²) in [7, 11) is -3.40. The third-order valence-electron chi connectivity index (χ3n) is 5.21. The van der Waals surface area contributed by atoms with Crippen molar-refractivity contribution in [3.05, 3.63) is 87.9 Å². The molecule has 2 heterocycles. The molecule has 6 heteroatoms. The van der Waals surface area contributed by atoms with Crippen LogP contribution in [0.15, 0.2) is 70.9 Å². The summed E-state index contributed by atoms with van der Waals surface area (Å²) in [5.74, 6) is -0.364. The van der Waals surface area contributed by atoms with Crippen LogP contribution in [0.3, 0.4) is 0 Å². The highest BCUT2D eigenvalue weighted by Gasteiger charge is 2.29. The minimum atomic E-state index is -3.40. The number of benzene rings is 2. The van der Waals surface area contributed by atoms with Crippen molar-refractivity contribution in [2.24, 2.45) is 0 Å². The number of hydrogen-bond acceptors (Lipinski definition) is 4. The summed E-state index contributed by atoms with van der Waals surface area (Å²) >= 11 is 1.80. The van der Waals surface area contributed by atoms with Crippen LogP contribution in [0.5, 0.6) is 0 Å². The van der Waals surface area contributed by atoms with Gasteiger partial charge in [-0.05, 0) is 59.7 Å². The molecule has 1 aliphatic rings. The summed E-state index contributed by atoms with van der Waals surface area (Å²) in [4.78, 5) is 3.99. The Morgan fingerprint density at radius 2 is 1.79 bits per heavy atom. The minimum absolute atomic E-state index is 0.0626. The van der Waals surface area contributed by atoms with Gasteiger partial charge in [-0.3, -0.25) is 4.90 Å². The van der Waals surface area contributed by atoms with Gasteiger partial charge in [0.2, 0.25) is 0 Å². The molecule has 0 radical (unpaired) electrons. The van der Waals surface area contributed by atoms with Gasteiger partial charge in [0.05, 0.1) is 16.7 Å². The van der Waals surface area contributed by atoms with Crippen molar-refractivity contribution in [3.8, 4) is 0 Å². The maximum absolute atomic E-state index is 13.1. The molecule has 0 saturated carbocycles. The first-order valence-electron chi connectivity index (χ1n) is 9.38. The number of rotatable bonds is 6. The van der Waals surface area contributed by atoms with Gasteiger partial charge in [0.15, 0.2) is 9.84 Å². The van der Waals surface area contributed by atoms with Crippen molar-refractivity contribution in [1.82, 2.24) is 4.90 Å². The van der Waals surface area contributed by atoms with Crippen LogP contribution in [-0.4, -0.2) is 32.2 Å². The maximum Gasteiger partial charge on any atom is 0.178 e. The molecule has 0 saturated heterocycles. The zero-order chi connectivity index (χ0) is 19.6. The molecular weight excluding hydrogens is 393 g/mol. The molecule has 146 valence electrons. The fraction of sp³-hybridized carbons (Fsp3) is 0.273. The van der Waals surface area contributed by atoms with Crippen molar-refractivity contribution in [3.63, 3.8) is 0 Å². The first kappa shape index (κ1) is 19.3. The molecule has 28 heavy (non-hydrogen) atoms. The third kappa shape index (κ3) is 4.04. The van der Waals surface area contributed by atoms with E-state index in [1.165, 1.54) is 40.3 Å². The van der Waals surface area contributed by atoms with Crippen molar-refractivity contribution >= 4 is 21.2 Å². The van der Waals surface area contributed by atoms with Crippen LogP contribution in [0, 0.1) is 5.82 Å². The van der Waals surface area contributed by atoms with E-state index < -0.39 is 15.7 Å². The highest BCUT2D eigenvalue weighted by atomic mass is 32.2. The normalized spacial score (nSPS) is 17.4. The lowest BCUT2D eigenvalue weighted by Gasteiger charge is -2.36. The van der Waals surface area contributed by atoms with Gasteiger partial charge in [0, 0.05) is 18.0 Å². The van der Waals surface area contributed by atoms with E-state index >= 15 is 0 Å². The summed E-state index contributed by atoms with van der Waals surface area (Å²) in [6, 6.07) is 17.8. The Morgan fingerprint density at radius 1 is 1.04 bits per heavy atom. The average Bonchev–Trinajstić information content (AvgIpc) is 3.17. The Balaban J connectivity index is 1.49. The van der Waals surface area contributed by atoms with Gasteiger partial charge < -0.3 is 0 Å². The van der Waals surface area contributed by atoms with Crippen LogP contribution in [-0.2, 0) is 16.3 Å². The second-order valence-electron chi connectivity index (χ2n) is 7.02. The molecule has 3 nitrogen and oxygen atoms in total. The van der Waals surface area contributed by atoms with Gasteiger partial charge in [-0.2, -0.15) is 0 Å². The summed E-state index contributed by atoms with van der Waals surface area (Å²) in [6.45, 7) is 1.62. The molecule has 0 aliphatic carbocycles. The third-order valence-corrected chi connectivity index (χ3v) is 8.03. The Bertz CT molecular complexity index is 1030. The smallest absolute Gasteiger partial charge is 0.178 e. The van der Waals surface area contributed by atoms with Crippen molar-refractivity contribution in [2.75, 3.05) is 18.8 Å². The van der Waals surface area contributed by atoms with Crippen LogP contribution in [0.1, 0.15) is 28.5 Å². The molecule has 1 aromatic heterocycles. The number of halogens is 1. The van der Waals surface area contributed by atoms with E-state index in [4.69, 9.17) is 0 Å². The number of nitrogens with zero attached hydrogens (tertiary/aromatic N) is 1. The van der Waals surface area contributed by atoms with Crippen molar-refractivity contribution in [2.45, 2.75) is 23.8 Å². The fourth-order valence-electron chi connectivity index (χ4n) is 3.85. The van der Waals surface area contributed by atoms with Gasteiger partial charge in [0.25, 0.3) is 0 Å². The van der Waals surface area contributed by atoms with E-state index in [0.29, 0.717) is 13.0 Å². The molecule has 1 aliphatic heterocycles. The van der Waals surface area contributed by atoms with Crippen molar-refractivity contribution in [1.29, 1.82) is 0 Å². The topological polar surface area (TPSA) is 37.4 Å². The van der Waals surface area contributed by atoms with Crippen molar-refractivity contribution < 1.29 is 12.8 Å². The van der Waals surface area contributed by atoms with Gasteiger partial charge >= 0.3 is 0 Å². The fourth-order valence-corrected chi connectivity index (χ4v) is 6.05. The standard InChI is InChI=1S/C22H22FNO2S2/c23-18-7-9-19(10-8-18)28(25,26)16-4-13-24-14-11-21-20(12-15-27-21)22(24)17-5-2-1-3-6-17/h1-3,5-10,12,15,22H,4,11,13-14,16H2. The molecular formula is C22H22FNO2S2. The molecule has 2 aromatic carbocycles. The van der Waals surface area contributed by atoms with E-state index in [2.05, 4.69) is 28.5 Å². The highest BCUT2D eigenvalue weighted by molar-refractivity contribution is 7.91. The van der Waals surface area contributed by atoms with Gasteiger partial charge in [0.1, 0.15) is 5.82 Å². The van der Waals surface area contributed by atoms with Gasteiger partial charge in [-0.1, -0.05) is 30.3 Å². The molecule has 4 rings (SSSR count). The van der Waals surface area contributed by atoms with E-state index in [1.54, 1.807) is 11.3 Å². The zero-order valence-electron chi connectivity index (χ0n) is 15.4. The van der Waals surface area contributed by atoms with E-state index in [1.807, 2.05) is 18.2 Å². The van der Waals surface area contributed by atoms with Crippen LogP contribution < -0.4 is 0 Å². The zero-order valence-corrected chi connectivity index (χ0v) is 17.1. The molecule has 0 amide bonds. The van der Waals surface area contributed by atoms with Crippen LogP contribution in [0.2, 0.25) is 0 Å². The quantitative estimate of drug-likeness (QED) is 0.548. The molecule has 1 unspecified atom stereocenters. The Morgan fingerprint density at radius 3 is 2.54 bits per heavy atom. The molecule has 1 atom stereocenters. The van der Waals surface area contributed by atoms with Gasteiger partial charge in [-0.15, -0.1) is 11.3 Å². The number of fused-ring (bicyclic) bond motifs is 1. The number of sulfone groups is 1. The van der Waals surface area contributed by atoms with E-state index in [0.717, 1.165) is 13.0 Å². The summed E-state index contributed by atoms with van der Waals surface area (Å²) in [6.07, 6.45) is 1.55. The molecule has 0 bridgehead atoms. The number of thiophene rings is 1. The van der Waals surface area contributed by atoms with E-state index in [-0.39, 0.29) is 16.7 Å². The van der Waals surface area contributed by atoms with E-state index in [9.17, 15) is 12.8 Å². The molecule has 0 spiro atoms. The Labute approximate surface area is 169 Å². The second kappa shape index (κ2) is 8.15. The highest BCUT2D eigenvalue weighted by Crippen LogP contribution is 2.37. The number of hydrogen-bond donors (Lipinski definition) is 0. The summed E-state index contributed by atoms with van der Waals surface area (Å²) in [5, 5.41) is 2.14. The van der Waals surface area contributed by atoms with Crippen LogP contribution >= 0.6 is 11.3 Å². The summed E-state index contributed by atoms with van der Waals surface area (Å²) in [5.41, 5.74) is 2.58. The first-order valence-corrected chi connectivity index (χ1v) is 11.9. The maximum atomic E-state index is 13.1. The average molecular weight is 416 g/mol. The predicted molar refractivity (Wildman–Crippen MR) is 111 cm³/mol. The lowest BCUT2D eigenvalue weighted by Crippen LogP contribution is -2.36. The van der Waals surface area contributed by atoms with Crippen LogP contribution in [0.25, 0.3) is 0 Å². The SMILES string of the molecule is O=S(=O)(CCCN1CCc2sccc2C1c1ccccc1)c1ccc(F)cc1. The lowest BCUT2D eigenvalue weighted by atomic mass is 9.93.